The number of rotatable bonds is 4. The van der Waals surface area contributed by atoms with Gasteiger partial charge in [0.05, 0.1) is 10.5 Å². The number of nitro groups is 1. The third-order valence-electron chi connectivity index (χ3n) is 3.91. The van der Waals surface area contributed by atoms with E-state index in [1.54, 1.807) is 0 Å². The first-order chi connectivity index (χ1) is 9.99. The minimum Gasteiger partial charge on any atom is -0.398 e. The Kier molecular flexibility index (Phi) is 4.74. The molecule has 0 spiro atoms. The van der Waals surface area contributed by atoms with E-state index in [0.717, 1.165) is 19.4 Å². The average Bonchev–Trinajstić information content (AvgIpc) is 2.46. The first kappa shape index (κ1) is 15.2. The van der Waals surface area contributed by atoms with Crippen molar-refractivity contribution in [1.29, 1.82) is 0 Å². The van der Waals surface area contributed by atoms with Crippen LogP contribution >= 0.6 is 0 Å². The van der Waals surface area contributed by atoms with Crippen LogP contribution in [0.2, 0.25) is 0 Å². The monoisotopic (exact) mass is 292 g/mol. The maximum Gasteiger partial charge on any atom is 0.270 e. The Morgan fingerprint density at radius 3 is 2.95 bits per heavy atom. The highest BCUT2D eigenvalue weighted by Crippen LogP contribution is 2.20. The number of amides is 1. The summed E-state index contributed by atoms with van der Waals surface area (Å²) in [6.45, 7) is 1.55. The second kappa shape index (κ2) is 6.53. The minimum absolute atomic E-state index is 0.135. The predicted molar refractivity (Wildman–Crippen MR) is 80.1 cm³/mol. The van der Waals surface area contributed by atoms with E-state index in [4.69, 9.17) is 5.73 Å². The predicted octanol–water partition coefficient (Wildman–Crippen LogP) is 1.39. The number of carbonyl (C=O) groups is 1. The second-order valence-electron chi connectivity index (χ2n) is 5.37. The van der Waals surface area contributed by atoms with Crippen LogP contribution in [0, 0.1) is 10.1 Å². The van der Waals surface area contributed by atoms with Crippen LogP contribution in [0.1, 0.15) is 29.6 Å². The van der Waals surface area contributed by atoms with Gasteiger partial charge in [-0.3, -0.25) is 14.9 Å². The van der Waals surface area contributed by atoms with Crippen LogP contribution in [-0.2, 0) is 0 Å². The third kappa shape index (κ3) is 3.69. The van der Waals surface area contributed by atoms with Gasteiger partial charge >= 0.3 is 0 Å². The fourth-order valence-electron chi connectivity index (χ4n) is 2.56. The highest BCUT2D eigenvalue weighted by atomic mass is 16.6. The van der Waals surface area contributed by atoms with Crippen LogP contribution in [0.25, 0.3) is 0 Å². The van der Waals surface area contributed by atoms with Gasteiger partial charge in [-0.1, -0.05) is 6.42 Å². The lowest BCUT2D eigenvalue weighted by molar-refractivity contribution is -0.384. The molecule has 1 aliphatic rings. The minimum atomic E-state index is -0.537. The van der Waals surface area contributed by atoms with Gasteiger partial charge < -0.3 is 16.0 Å². The zero-order valence-electron chi connectivity index (χ0n) is 12.0. The van der Waals surface area contributed by atoms with Gasteiger partial charge in [-0.15, -0.1) is 0 Å². The molecular formula is C14H20N4O3. The number of nitrogens with one attached hydrogen (secondary N) is 1. The number of likely N-dealkylation sites (N-methyl/N-ethyl adjacent to an activating group) is 1. The highest BCUT2D eigenvalue weighted by molar-refractivity contribution is 5.99. The zero-order chi connectivity index (χ0) is 15.4. The van der Waals surface area contributed by atoms with Gasteiger partial charge in [-0.25, -0.2) is 0 Å². The van der Waals surface area contributed by atoms with Gasteiger partial charge in [-0.2, -0.15) is 0 Å². The van der Waals surface area contributed by atoms with E-state index >= 15 is 0 Å². The fraction of sp³-hybridized carbons (Fsp3) is 0.500. The molecule has 0 saturated carbocycles. The highest BCUT2D eigenvalue weighted by Gasteiger charge is 2.21. The number of likely N-dealkylation sites (tertiary alicyclic amines) is 1. The molecule has 114 valence electrons. The number of hydrogen-bond acceptors (Lipinski definition) is 5. The number of anilines is 1. The van der Waals surface area contributed by atoms with E-state index < -0.39 is 4.92 Å². The number of nitrogen functional groups attached to an aromatic ring is 1. The summed E-state index contributed by atoms with van der Waals surface area (Å²) in [5.41, 5.74) is 6.00. The summed E-state index contributed by atoms with van der Waals surface area (Å²) < 4.78 is 0. The van der Waals surface area contributed by atoms with Crippen LogP contribution in [0.15, 0.2) is 18.2 Å². The molecule has 7 nitrogen and oxygen atoms in total. The summed E-state index contributed by atoms with van der Waals surface area (Å²) in [5, 5.41) is 13.6. The summed E-state index contributed by atoms with van der Waals surface area (Å²) in [6.07, 6.45) is 3.38. The smallest absolute Gasteiger partial charge is 0.270 e. The van der Waals surface area contributed by atoms with E-state index in [1.807, 2.05) is 7.05 Å². The molecule has 0 aromatic heterocycles. The van der Waals surface area contributed by atoms with Crippen LogP contribution in [0.3, 0.4) is 0 Å². The molecule has 3 N–H and O–H groups in total. The van der Waals surface area contributed by atoms with Gasteiger partial charge in [0.1, 0.15) is 0 Å². The number of hydrogen-bond donors (Lipinski definition) is 2. The van der Waals surface area contributed by atoms with E-state index in [1.165, 1.54) is 24.6 Å². The largest absolute Gasteiger partial charge is 0.398 e. The van der Waals surface area contributed by atoms with Crippen molar-refractivity contribution in [2.75, 3.05) is 25.9 Å². The van der Waals surface area contributed by atoms with E-state index in [-0.39, 0.29) is 22.8 Å². The summed E-state index contributed by atoms with van der Waals surface area (Å²) in [5.74, 6) is -0.366. The topological polar surface area (TPSA) is 102 Å². The van der Waals surface area contributed by atoms with Gasteiger partial charge in [0.2, 0.25) is 0 Å². The third-order valence-corrected chi connectivity index (χ3v) is 3.91. The molecule has 1 saturated heterocycles. The first-order valence-electron chi connectivity index (χ1n) is 7.01. The van der Waals surface area contributed by atoms with Crippen LogP contribution < -0.4 is 11.1 Å². The quantitative estimate of drug-likeness (QED) is 0.496. The Morgan fingerprint density at radius 1 is 1.52 bits per heavy atom. The fourth-order valence-corrected chi connectivity index (χ4v) is 2.56. The summed E-state index contributed by atoms with van der Waals surface area (Å²) in [7, 11) is 2.04. The number of benzene rings is 1. The second-order valence-corrected chi connectivity index (χ2v) is 5.37. The summed E-state index contributed by atoms with van der Waals surface area (Å²) in [4.78, 5) is 24.6. The van der Waals surface area contributed by atoms with Crippen molar-refractivity contribution in [1.82, 2.24) is 10.2 Å². The first-order valence-corrected chi connectivity index (χ1v) is 7.01. The van der Waals surface area contributed by atoms with E-state index in [0.29, 0.717) is 12.6 Å². The molecule has 1 unspecified atom stereocenters. The van der Waals surface area contributed by atoms with Crippen molar-refractivity contribution in [3.05, 3.63) is 33.9 Å². The Bertz CT molecular complexity index is 547. The summed E-state index contributed by atoms with van der Waals surface area (Å²) >= 11 is 0. The Balaban J connectivity index is 2.02. The zero-order valence-corrected chi connectivity index (χ0v) is 12.0. The molecule has 0 bridgehead atoms. The number of nitrogens with zero attached hydrogens (tertiary/aromatic N) is 2. The molecule has 1 aromatic rings. The molecule has 1 heterocycles. The molecule has 2 rings (SSSR count). The normalized spacial score (nSPS) is 19.2. The molecule has 1 amide bonds. The van der Waals surface area contributed by atoms with Crippen molar-refractivity contribution in [3.63, 3.8) is 0 Å². The van der Waals surface area contributed by atoms with Crippen molar-refractivity contribution in [2.45, 2.75) is 25.3 Å². The average molecular weight is 292 g/mol. The number of nitro benzene ring substituents is 1. The van der Waals surface area contributed by atoms with Crippen molar-refractivity contribution in [2.24, 2.45) is 0 Å². The van der Waals surface area contributed by atoms with Gasteiger partial charge in [0.25, 0.3) is 11.6 Å². The Morgan fingerprint density at radius 2 is 2.29 bits per heavy atom. The van der Waals surface area contributed by atoms with Crippen LogP contribution in [0.5, 0.6) is 0 Å². The van der Waals surface area contributed by atoms with Crippen molar-refractivity contribution >= 4 is 17.3 Å². The molecule has 1 aliphatic heterocycles. The van der Waals surface area contributed by atoms with Crippen molar-refractivity contribution in [3.8, 4) is 0 Å². The number of non-ortho nitro benzene ring substituents is 1. The Labute approximate surface area is 123 Å². The lowest BCUT2D eigenvalue weighted by Gasteiger charge is -2.32. The van der Waals surface area contributed by atoms with Crippen LogP contribution in [0.4, 0.5) is 11.4 Å². The molecule has 1 aromatic carbocycles. The van der Waals surface area contributed by atoms with E-state index in [9.17, 15) is 14.9 Å². The molecule has 0 radical (unpaired) electrons. The molecule has 1 fully saturated rings. The van der Waals surface area contributed by atoms with Gasteiger partial charge in [0, 0.05) is 30.4 Å². The standard InChI is InChI=1S/C14H20N4O3/c1-17-7-3-2-4-11(17)9-16-14(19)12-8-10(18(20)21)5-6-13(12)15/h5-6,8,11H,2-4,7,9,15H2,1H3,(H,16,19). The molecule has 7 heteroatoms. The number of nitrogens with two attached hydrogens (primary N) is 1. The van der Waals surface area contributed by atoms with Gasteiger partial charge in [0.15, 0.2) is 0 Å². The number of piperidine rings is 1. The van der Waals surface area contributed by atoms with Crippen molar-refractivity contribution < 1.29 is 9.72 Å². The summed E-state index contributed by atoms with van der Waals surface area (Å²) in [6, 6.07) is 4.21. The van der Waals surface area contributed by atoms with Crippen LogP contribution in [-0.4, -0.2) is 41.9 Å². The SMILES string of the molecule is CN1CCCCC1CNC(=O)c1cc([N+](=O)[O-])ccc1N. The molecule has 21 heavy (non-hydrogen) atoms. The number of carbonyl (C=O) groups excluding carboxylic acids is 1. The maximum atomic E-state index is 12.2. The maximum absolute atomic E-state index is 12.2. The Hall–Kier alpha value is -2.15. The van der Waals surface area contributed by atoms with Gasteiger partial charge in [-0.05, 0) is 32.5 Å². The molecule has 1 atom stereocenters. The molecule has 0 aliphatic carbocycles. The lowest BCUT2D eigenvalue weighted by atomic mass is 10.0. The molecular weight excluding hydrogens is 272 g/mol. The lowest BCUT2D eigenvalue weighted by Crippen LogP contribution is -2.44. The van der Waals surface area contributed by atoms with E-state index in [2.05, 4.69) is 10.2 Å².